The average Bonchev–Trinajstić information content (AvgIpc) is 3.67. The summed E-state index contributed by atoms with van der Waals surface area (Å²) >= 11 is 0. The van der Waals surface area contributed by atoms with Crippen LogP contribution in [0.1, 0.15) is 106 Å². The Morgan fingerprint density at radius 3 is 2.68 bits per heavy atom. The molecule has 0 saturated heterocycles. The highest BCUT2D eigenvalue weighted by molar-refractivity contribution is 6.08. The van der Waals surface area contributed by atoms with E-state index in [0.717, 1.165) is 64.1 Å². The number of hydrogen-bond donors (Lipinski definition) is 7. The van der Waals surface area contributed by atoms with E-state index >= 15 is 0 Å². The lowest BCUT2D eigenvalue weighted by Crippen LogP contribution is -3.12. The number of ketones is 1. The molecule has 0 amide bonds. The number of phenols is 1. The van der Waals surface area contributed by atoms with Crippen molar-refractivity contribution < 1.29 is 34.9 Å². The van der Waals surface area contributed by atoms with Crippen molar-refractivity contribution in [3.63, 3.8) is 0 Å². The number of aliphatic hydroxyl groups excluding tert-OH is 3. The molecule has 2 aromatic rings. The van der Waals surface area contributed by atoms with Crippen molar-refractivity contribution in [3.05, 3.63) is 82.2 Å². The molecule has 0 saturated carbocycles. The molecule has 2 aromatic carbocycles. The van der Waals surface area contributed by atoms with Gasteiger partial charge in [0.1, 0.15) is 36.8 Å². The van der Waals surface area contributed by atoms with Crippen LogP contribution in [0.5, 0.6) is 11.5 Å². The van der Waals surface area contributed by atoms with Gasteiger partial charge in [0.2, 0.25) is 6.23 Å². The number of ether oxygens (including phenoxy) is 1. The number of aromatic hydroxyl groups is 1. The second kappa shape index (κ2) is 17.4. The number of Topliss-reactive ketones (excluding diaryl/α,β-unsaturated/α-hetero) is 1. The first-order valence-electron chi connectivity index (χ1n) is 18.1. The third kappa shape index (κ3) is 9.29. The number of hydrogen-bond acceptors (Lipinski definition) is 9. The molecule has 3 aliphatic heterocycles. The van der Waals surface area contributed by atoms with Gasteiger partial charge in [-0.15, -0.1) is 0 Å². The minimum Gasteiger partial charge on any atom is -0.504 e. The van der Waals surface area contributed by atoms with Gasteiger partial charge in [0, 0.05) is 25.0 Å². The fraction of sp³-hybridized carbons (Fsp3) is 0.500. The molecular formula is C40H53N4O6+. The summed E-state index contributed by atoms with van der Waals surface area (Å²) in [7, 11) is 0. The number of aryl methyl sites for hydroxylation is 1. The lowest BCUT2D eigenvalue weighted by molar-refractivity contribution is -0.882. The molecule has 0 aliphatic carbocycles. The molecular weight excluding hydrogens is 632 g/mol. The number of phenolic OH excluding ortho intramolecular Hbond substituents is 1. The number of unbranched alkanes of at least 4 members (excludes halogenated alkanes) is 2. The highest BCUT2D eigenvalue weighted by Gasteiger charge is 2.36. The number of fused-ring (bicyclic) bond motifs is 2. The zero-order chi connectivity index (χ0) is 35.8. The molecule has 0 spiro atoms. The number of aliphatic imine (C=N–C) groups is 1. The van der Waals surface area contributed by atoms with E-state index in [0.29, 0.717) is 37.8 Å². The van der Waals surface area contributed by atoms with E-state index in [4.69, 9.17) is 21.2 Å². The van der Waals surface area contributed by atoms with Crippen LogP contribution < -0.4 is 21.1 Å². The summed E-state index contributed by atoms with van der Waals surface area (Å²) in [5.41, 5.74) is 18.1. The van der Waals surface area contributed by atoms with Gasteiger partial charge in [-0.2, -0.15) is 0 Å². The van der Waals surface area contributed by atoms with Crippen LogP contribution >= 0.6 is 0 Å². The van der Waals surface area contributed by atoms with Crippen LogP contribution in [-0.2, 0) is 17.6 Å². The highest BCUT2D eigenvalue weighted by atomic mass is 16.5. The van der Waals surface area contributed by atoms with Gasteiger partial charge in [-0.1, -0.05) is 75.6 Å². The number of nitrogens with zero attached hydrogens (tertiary/aromatic N) is 1. The Morgan fingerprint density at radius 1 is 1.10 bits per heavy atom. The fourth-order valence-corrected chi connectivity index (χ4v) is 7.10. The minimum atomic E-state index is -1.03. The van der Waals surface area contributed by atoms with Crippen LogP contribution in [0.2, 0.25) is 0 Å². The predicted molar refractivity (Wildman–Crippen MR) is 193 cm³/mol. The largest absolute Gasteiger partial charge is 0.504 e. The van der Waals surface area contributed by atoms with Gasteiger partial charge in [0.25, 0.3) is 0 Å². The van der Waals surface area contributed by atoms with E-state index in [2.05, 4.69) is 25.0 Å². The number of aliphatic hydroxyl groups is 3. The molecule has 6 unspecified atom stereocenters. The van der Waals surface area contributed by atoms with Gasteiger partial charge in [-0.25, -0.2) is 0 Å². The molecule has 0 aromatic heterocycles. The summed E-state index contributed by atoms with van der Waals surface area (Å²) in [5.74, 6) is 5.82. The molecule has 10 heteroatoms. The topological polar surface area (TPSA) is 176 Å². The molecule has 2 bridgehead atoms. The maximum Gasteiger partial charge on any atom is 0.247 e. The number of carbonyl (C=O) groups is 1. The summed E-state index contributed by atoms with van der Waals surface area (Å²) < 4.78 is 6.47. The van der Waals surface area contributed by atoms with Crippen molar-refractivity contribution in [2.45, 2.75) is 115 Å². The number of rotatable bonds is 16. The third-order valence-electron chi connectivity index (χ3n) is 9.99. The standard InChI is InChI=1S/C40H52N4O6/c1-3-5-6-9-31(37(49)21-29(45)8-4-2)35(47)16-12-25-13-17-36(48)38(18-25)50-39-11-7-10-34(46)30-15-14-26(40(41)42)19-27(30)20-28-22-43-33-24-44(39)23-32(28)33/h13-15,17-19,22-23,29,31,34,37,39-40,45-46,48-49H,3-6,8-9,11-12,16,20-21,24,41-42H2,1-2H3/p+1. The quantitative estimate of drug-likeness (QED) is 0.0799. The number of nitrogens with two attached hydrogens (primary N) is 2. The molecule has 6 atom stereocenters. The maximum absolute atomic E-state index is 13.4. The van der Waals surface area contributed by atoms with Crippen molar-refractivity contribution >= 4 is 11.5 Å². The fourth-order valence-electron chi connectivity index (χ4n) is 7.10. The SMILES string of the molecule is CCCCCC(C(=O)CCc1ccc(O)c(OC2CC#CC(O)c3ccc(C(N)N)cc3CC3=CN=C4C[NH+]2C=C34)c1)C(O)CC(O)CCC. The molecule has 3 heterocycles. The van der Waals surface area contributed by atoms with Gasteiger partial charge in [-0.3, -0.25) is 14.7 Å². The number of carbonyl (C=O) groups excluding carboxylic acids is 1. The lowest BCUT2D eigenvalue weighted by Gasteiger charge is -2.24. The smallest absolute Gasteiger partial charge is 0.247 e. The summed E-state index contributed by atoms with van der Waals surface area (Å²) in [6.07, 6.45) is 6.79. The van der Waals surface area contributed by atoms with E-state index in [1.54, 1.807) is 18.2 Å². The summed E-state index contributed by atoms with van der Waals surface area (Å²) in [4.78, 5) is 19.1. The summed E-state index contributed by atoms with van der Waals surface area (Å²) in [6.45, 7) is 4.67. The number of benzene rings is 2. The Labute approximate surface area is 295 Å². The monoisotopic (exact) mass is 685 g/mol. The molecule has 50 heavy (non-hydrogen) atoms. The molecule has 3 aliphatic rings. The van der Waals surface area contributed by atoms with E-state index < -0.39 is 36.6 Å². The lowest BCUT2D eigenvalue weighted by atomic mass is 9.85. The molecule has 10 nitrogen and oxygen atoms in total. The van der Waals surface area contributed by atoms with Crippen LogP contribution in [0.3, 0.4) is 0 Å². The van der Waals surface area contributed by atoms with Gasteiger partial charge in [-0.05, 0) is 65.6 Å². The highest BCUT2D eigenvalue weighted by Crippen LogP contribution is 2.32. The first-order chi connectivity index (χ1) is 24.1. The Bertz CT molecular complexity index is 1670. The summed E-state index contributed by atoms with van der Waals surface area (Å²) in [6, 6.07) is 10.7. The van der Waals surface area contributed by atoms with E-state index in [9.17, 15) is 25.2 Å². The zero-order valence-electron chi connectivity index (χ0n) is 29.3. The van der Waals surface area contributed by atoms with E-state index in [-0.39, 0.29) is 36.5 Å². The van der Waals surface area contributed by atoms with Gasteiger partial charge < -0.3 is 36.6 Å². The molecule has 0 radical (unpaired) electrons. The van der Waals surface area contributed by atoms with Gasteiger partial charge in [0.05, 0.1) is 23.9 Å². The van der Waals surface area contributed by atoms with Crippen LogP contribution in [0, 0.1) is 17.8 Å². The number of quaternary nitrogens is 1. The summed E-state index contributed by atoms with van der Waals surface area (Å²) in [5, 5.41) is 43.2. The Hall–Kier alpha value is -3.82. The number of allylic oxidation sites excluding steroid dienone is 1. The zero-order valence-corrected chi connectivity index (χ0v) is 29.3. The Kier molecular flexibility index (Phi) is 13.0. The Balaban J connectivity index is 1.32. The van der Waals surface area contributed by atoms with Crippen molar-refractivity contribution in [2.75, 3.05) is 6.54 Å². The van der Waals surface area contributed by atoms with Crippen LogP contribution in [0.25, 0.3) is 0 Å². The van der Waals surface area contributed by atoms with Gasteiger partial charge in [0.15, 0.2) is 11.5 Å². The van der Waals surface area contributed by atoms with Crippen molar-refractivity contribution in [1.29, 1.82) is 0 Å². The molecule has 0 fully saturated rings. The normalized spacial score (nSPS) is 21.4. The van der Waals surface area contributed by atoms with Crippen LogP contribution in [0.4, 0.5) is 0 Å². The van der Waals surface area contributed by atoms with Crippen molar-refractivity contribution in [2.24, 2.45) is 22.4 Å². The predicted octanol–water partition coefficient (Wildman–Crippen LogP) is 3.43. The van der Waals surface area contributed by atoms with Crippen LogP contribution in [-0.4, -0.2) is 56.9 Å². The van der Waals surface area contributed by atoms with Crippen LogP contribution in [0.15, 0.2) is 64.9 Å². The Morgan fingerprint density at radius 2 is 1.92 bits per heavy atom. The van der Waals surface area contributed by atoms with Gasteiger partial charge >= 0.3 is 0 Å². The molecule has 5 rings (SSSR count). The van der Waals surface area contributed by atoms with Crippen molar-refractivity contribution in [3.8, 4) is 23.3 Å². The van der Waals surface area contributed by atoms with E-state index in [1.807, 2.05) is 31.3 Å². The maximum atomic E-state index is 13.4. The molecule has 268 valence electrons. The van der Waals surface area contributed by atoms with E-state index in [1.165, 1.54) is 0 Å². The first kappa shape index (κ1) is 37.4. The third-order valence-corrected chi connectivity index (χ3v) is 9.99. The minimum absolute atomic E-state index is 0.0195. The van der Waals surface area contributed by atoms with Crippen molar-refractivity contribution in [1.82, 2.24) is 0 Å². The number of nitrogens with one attached hydrogen (secondary N) is 1. The average molecular weight is 686 g/mol. The first-order valence-corrected chi connectivity index (χ1v) is 18.1. The second-order valence-corrected chi connectivity index (χ2v) is 13.9. The molecule has 9 N–H and O–H groups in total. The second-order valence-electron chi connectivity index (χ2n) is 13.9.